The fraction of sp³-hybridized carbons (Fsp3) is 0.333. The Morgan fingerprint density at radius 3 is 2.62 bits per heavy atom. The zero-order valence-corrected chi connectivity index (χ0v) is 15.0. The molecule has 2 aromatic carbocycles. The van der Waals surface area contributed by atoms with Gasteiger partial charge < -0.3 is 15.2 Å². The molecule has 0 aliphatic heterocycles. The van der Waals surface area contributed by atoms with E-state index in [2.05, 4.69) is 23.5 Å². The summed E-state index contributed by atoms with van der Waals surface area (Å²) in [5.41, 5.74) is 5.77. The van der Waals surface area contributed by atoms with Gasteiger partial charge in [0, 0.05) is 0 Å². The molecule has 1 aliphatic carbocycles. The van der Waals surface area contributed by atoms with E-state index in [1.54, 1.807) is 6.92 Å². The number of nitrogens with one attached hydrogen (secondary N) is 1. The summed E-state index contributed by atoms with van der Waals surface area (Å²) in [6, 6.07) is 13.3. The first-order valence-electron chi connectivity index (χ1n) is 8.86. The fourth-order valence-electron chi connectivity index (χ4n) is 3.35. The van der Waals surface area contributed by atoms with Crippen molar-refractivity contribution in [3.63, 3.8) is 0 Å². The highest BCUT2D eigenvalue weighted by Gasteiger charge is 2.26. The molecule has 2 N–H and O–H groups in total. The lowest BCUT2D eigenvalue weighted by Gasteiger charge is -2.20. The van der Waals surface area contributed by atoms with Gasteiger partial charge in [-0.1, -0.05) is 62.7 Å². The van der Waals surface area contributed by atoms with E-state index in [0.717, 1.165) is 12.0 Å². The first kappa shape index (κ1) is 18.0. The number of carboxylic acid groups (broad SMARTS) is 1. The number of ether oxygens (including phenoxy) is 1. The number of fused-ring (bicyclic) bond motifs is 3. The fourth-order valence-corrected chi connectivity index (χ4v) is 3.35. The van der Waals surface area contributed by atoms with E-state index >= 15 is 0 Å². The normalized spacial score (nSPS) is 14.1. The minimum atomic E-state index is -1.05. The first-order valence-corrected chi connectivity index (χ1v) is 8.86. The van der Waals surface area contributed by atoms with Crippen LogP contribution in [0.2, 0.25) is 0 Å². The van der Waals surface area contributed by atoms with Gasteiger partial charge in [0.2, 0.25) is 0 Å². The maximum Gasteiger partial charge on any atom is 0.408 e. The van der Waals surface area contributed by atoms with Crippen molar-refractivity contribution in [1.29, 1.82) is 0 Å². The molecule has 0 aromatic heterocycles. The monoisotopic (exact) mass is 353 g/mol. The standard InChI is InChI=1S/C21H23NO4/c1-3-13(2)19(20(23)24)22-21(25)26-12-15-8-6-10-17-16-9-5-4-7-14(16)11-18(15)17/h4-10,13,19H,3,11-12H2,1-2H3,(H,22,25)(H,23,24)/t13-,19-/m0/s1. The van der Waals surface area contributed by atoms with Gasteiger partial charge in [-0.2, -0.15) is 0 Å². The Morgan fingerprint density at radius 2 is 1.88 bits per heavy atom. The van der Waals surface area contributed by atoms with Gasteiger partial charge in [-0.15, -0.1) is 0 Å². The molecule has 0 bridgehead atoms. The molecule has 136 valence electrons. The SMILES string of the molecule is CC[C@H](C)[C@H](NC(=O)OCc1cccc2c1Cc1ccccc1-2)C(=O)O. The Balaban J connectivity index is 1.68. The van der Waals surface area contributed by atoms with Crippen LogP contribution in [0.5, 0.6) is 0 Å². The average molecular weight is 353 g/mol. The van der Waals surface area contributed by atoms with E-state index in [1.165, 1.54) is 22.3 Å². The second-order valence-corrected chi connectivity index (χ2v) is 6.70. The highest BCUT2D eigenvalue weighted by molar-refractivity contribution is 5.80. The Kier molecular flexibility index (Phi) is 5.26. The van der Waals surface area contributed by atoms with Crippen LogP contribution in [0.25, 0.3) is 11.1 Å². The molecule has 5 nitrogen and oxygen atoms in total. The maximum absolute atomic E-state index is 12.1. The number of carboxylic acids is 1. The Hall–Kier alpha value is -2.82. The van der Waals surface area contributed by atoms with Gasteiger partial charge in [0.15, 0.2) is 0 Å². The molecule has 0 radical (unpaired) electrons. The molecule has 0 spiro atoms. The van der Waals surface area contributed by atoms with Crippen LogP contribution in [-0.2, 0) is 22.6 Å². The molecule has 0 unspecified atom stereocenters. The maximum atomic E-state index is 12.1. The molecule has 0 fully saturated rings. The van der Waals surface area contributed by atoms with Gasteiger partial charge >= 0.3 is 12.1 Å². The number of rotatable bonds is 6. The van der Waals surface area contributed by atoms with Crippen LogP contribution >= 0.6 is 0 Å². The number of benzene rings is 2. The summed E-state index contributed by atoms with van der Waals surface area (Å²) in [5, 5.41) is 11.7. The molecule has 5 heteroatoms. The van der Waals surface area contributed by atoms with Gasteiger partial charge in [-0.05, 0) is 40.2 Å². The smallest absolute Gasteiger partial charge is 0.408 e. The zero-order chi connectivity index (χ0) is 18.7. The minimum Gasteiger partial charge on any atom is -0.480 e. The van der Waals surface area contributed by atoms with Crippen molar-refractivity contribution >= 4 is 12.1 Å². The third-order valence-corrected chi connectivity index (χ3v) is 5.06. The Bertz CT molecular complexity index is 831. The van der Waals surface area contributed by atoms with Crippen molar-refractivity contribution in [1.82, 2.24) is 5.32 Å². The lowest BCUT2D eigenvalue weighted by molar-refractivity contribution is -0.140. The van der Waals surface area contributed by atoms with Crippen LogP contribution in [0.1, 0.15) is 37.0 Å². The number of aliphatic carboxylic acids is 1. The zero-order valence-electron chi connectivity index (χ0n) is 15.0. The van der Waals surface area contributed by atoms with Crippen molar-refractivity contribution in [3.8, 4) is 11.1 Å². The number of carbonyl (C=O) groups is 2. The molecule has 1 amide bonds. The van der Waals surface area contributed by atoms with Crippen LogP contribution < -0.4 is 5.32 Å². The molecule has 1 aliphatic rings. The summed E-state index contributed by atoms with van der Waals surface area (Å²) in [4.78, 5) is 23.4. The topological polar surface area (TPSA) is 75.6 Å². The van der Waals surface area contributed by atoms with Gasteiger partial charge in [0.1, 0.15) is 12.6 Å². The predicted octanol–water partition coefficient (Wildman–Crippen LogP) is 3.98. The molecule has 2 aromatic rings. The number of hydrogen-bond acceptors (Lipinski definition) is 3. The van der Waals surface area contributed by atoms with E-state index in [4.69, 9.17) is 4.74 Å². The van der Waals surface area contributed by atoms with E-state index in [1.807, 2.05) is 31.2 Å². The number of alkyl carbamates (subject to hydrolysis) is 1. The third kappa shape index (κ3) is 3.57. The molecule has 3 rings (SSSR count). The average Bonchev–Trinajstić information content (AvgIpc) is 3.03. The summed E-state index contributed by atoms with van der Waals surface area (Å²) in [6.07, 6.45) is 0.768. The van der Waals surface area contributed by atoms with Crippen LogP contribution in [0, 0.1) is 5.92 Å². The van der Waals surface area contributed by atoms with Crippen molar-refractivity contribution in [2.75, 3.05) is 0 Å². The van der Waals surface area contributed by atoms with Crippen LogP contribution in [-0.4, -0.2) is 23.2 Å². The van der Waals surface area contributed by atoms with Gasteiger partial charge in [0.25, 0.3) is 0 Å². The quantitative estimate of drug-likeness (QED) is 0.703. The van der Waals surface area contributed by atoms with Gasteiger partial charge in [0.05, 0.1) is 0 Å². The van der Waals surface area contributed by atoms with Crippen molar-refractivity contribution < 1.29 is 19.4 Å². The summed E-state index contributed by atoms with van der Waals surface area (Å²) in [7, 11) is 0. The largest absolute Gasteiger partial charge is 0.480 e. The van der Waals surface area contributed by atoms with Crippen LogP contribution in [0.15, 0.2) is 42.5 Å². The molecular formula is C21H23NO4. The van der Waals surface area contributed by atoms with Crippen LogP contribution in [0.3, 0.4) is 0 Å². The number of carbonyl (C=O) groups excluding carboxylic acids is 1. The second-order valence-electron chi connectivity index (χ2n) is 6.70. The molecule has 0 heterocycles. The van der Waals surface area contributed by atoms with E-state index in [9.17, 15) is 14.7 Å². The summed E-state index contributed by atoms with van der Waals surface area (Å²) in [5.74, 6) is -1.22. The first-order chi connectivity index (χ1) is 12.5. The Labute approximate surface area is 153 Å². The molecular weight excluding hydrogens is 330 g/mol. The lowest BCUT2D eigenvalue weighted by atomic mass is 10.00. The van der Waals surface area contributed by atoms with Gasteiger partial charge in [-0.25, -0.2) is 9.59 Å². The van der Waals surface area contributed by atoms with E-state index in [0.29, 0.717) is 6.42 Å². The lowest BCUT2D eigenvalue weighted by Crippen LogP contribution is -2.45. The summed E-state index contributed by atoms with van der Waals surface area (Å²) in [6.45, 7) is 3.80. The summed E-state index contributed by atoms with van der Waals surface area (Å²) >= 11 is 0. The van der Waals surface area contributed by atoms with Gasteiger partial charge in [-0.3, -0.25) is 0 Å². The van der Waals surface area contributed by atoms with E-state index < -0.39 is 18.1 Å². The van der Waals surface area contributed by atoms with Crippen molar-refractivity contribution in [2.24, 2.45) is 5.92 Å². The number of amides is 1. The van der Waals surface area contributed by atoms with Crippen molar-refractivity contribution in [3.05, 3.63) is 59.2 Å². The van der Waals surface area contributed by atoms with Crippen molar-refractivity contribution in [2.45, 2.75) is 39.3 Å². The molecule has 26 heavy (non-hydrogen) atoms. The van der Waals surface area contributed by atoms with E-state index in [-0.39, 0.29) is 12.5 Å². The Morgan fingerprint density at radius 1 is 1.15 bits per heavy atom. The molecule has 0 saturated heterocycles. The highest BCUT2D eigenvalue weighted by atomic mass is 16.5. The second kappa shape index (κ2) is 7.60. The molecule has 0 saturated carbocycles. The minimum absolute atomic E-state index is 0.121. The predicted molar refractivity (Wildman–Crippen MR) is 98.9 cm³/mol. The highest BCUT2D eigenvalue weighted by Crippen LogP contribution is 2.38. The third-order valence-electron chi connectivity index (χ3n) is 5.06. The molecule has 2 atom stereocenters. The number of hydrogen-bond donors (Lipinski definition) is 2. The summed E-state index contributed by atoms with van der Waals surface area (Å²) < 4.78 is 5.31. The van der Waals surface area contributed by atoms with Crippen LogP contribution in [0.4, 0.5) is 4.79 Å².